The molecule has 156 valence electrons. The summed E-state index contributed by atoms with van der Waals surface area (Å²) in [5, 5.41) is 23.8. The minimum atomic E-state index is -0.346. The van der Waals surface area contributed by atoms with Crippen molar-refractivity contribution in [2.75, 3.05) is 10.6 Å². The summed E-state index contributed by atoms with van der Waals surface area (Å²) in [5.41, 5.74) is 6.26. The third-order valence-corrected chi connectivity index (χ3v) is 5.35. The van der Waals surface area contributed by atoms with E-state index in [2.05, 4.69) is 22.8 Å². The number of rotatable bonds is 4. The molecule has 0 aliphatic rings. The highest BCUT2D eigenvalue weighted by Crippen LogP contribution is 2.25. The van der Waals surface area contributed by atoms with Crippen molar-refractivity contribution in [2.24, 2.45) is 14.1 Å². The van der Waals surface area contributed by atoms with E-state index in [0.29, 0.717) is 22.8 Å². The molecule has 32 heavy (non-hydrogen) atoms. The van der Waals surface area contributed by atoms with Gasteiger partial charge in [-0.3, -0.25) is 0 Å². The van der Waals surface area contributed by atoms with Crippen molar-refractivity contribution in [3.05, 3.63) is 84.2 Å². The Hall–Kier alpha value is -4.75. The Morgan fingerprint density at radius 2 is 1.03 bits per heavy atom. The molecule has 0 radical (unpaired) electrons. The molecule has 2 amide bonds. The van der Waals surface area contributed by atoms with Gasteiger partial charge in [-0.2, -0.15) is 10.5 Å². The van der Waals surface area contributed by atoms with Crippen molar-refractivity contribution >= 4 is 17.4 Å². The van der Waals surface area contributed by atoms with Crippen molar-refractivity contribution in [3.8, 4) is 34.7 Å². The van der Waals surface area contributed by atoms with Crippen LogP contribution < -0.4 is 10.6 Å². The Bertz CT molecular complexity index is 1260. The number of carbonyl (C=O) groups is 1. The van der Waals surface area contributed by atoms with E-state index in [1.54, 1.807) is 12.1 Å². The Balaban J connectivity index is 1.40. The Morgan fingerprint density at radius 3 is 1.34 bits per heavy atom. The van der Waals surface area contributed by atoms with Crippen molar-refractivity contribution in [3.63, 3.8) is 0 Å². The molecule has 7 heteroatoms. The molecule has 0 saturated carbocycles. The summed E-state index contributed by atoms with van der Waals surface area (Å²) < 4.78 is 3.66. The van der Waals surface area contributed by atoms with E-state index in [9.17, 15) is 4.79 Å². The van der Waals surface area contributed by atoms with E-state index in [1.165, 1.54) is 0 Å². The number of urea groups is 1. The second-order valence-corrected chi connectivity index (χ2v) is 7.28. The maximum Gasteiger partial charge on any atom is 0.323 e. The molecule has 0 saturated heterocycles. The molecule has 0 unspecified atom stereocenters. The summed E-state index contributed by atoms with van der Waals surface area (Å²) in [5.74, 6) is 0. The molecule has 2 aromatic heterocycles. The average Bonchev–Trinajstić information content (AvgIpc) is 3.36. The predicted octanol–water partition coefficient (Wildman–Crippen LogP) is 5.08. The van der Waals surface area contributed by atoms with Crippen LogP contribution in [0, 0.1) is 22.7 Å². The number of nitrogens with zero attached hydrogens (tertiary/aromatic N) is 4. The molecule has 0 spiro atoms. The quantitative estimate of drug-likeness (QED) is 0.481. The molecule has 4 aromatic rings. The topological polar surface area (TPSA) is 98.6 Å². The molecule has 2 aromatic carbocycles. The number of carbonyl (C=O) groups excluding carboxylic acids is 1. The molecule has 7 nitrogen and oxygen atoms in total. The number of benzene rings is 2. The molecular weight excluding hydrogens is 400 g/mol. The number of anilines is 2. The van der Waals surface area contributed by atoms with Gasteiger partial charge in [-0.1, -0.05) is 24.3 Å². The van der Waals surface area contributed by atoms with Crippen LogP contribution in [0.2, 0.25) is 0 Å². The van der Waals surface area contributed by atoms with Gasteiger partial charge in [0.15, 0.2) is 0 Å². The zero-order valence-electron chi connectivity index (χ0n) is 17.6. The van der Waals surface area contributed by atoms with E-state index in [0.717, 1.165) is 22.5 Å². The van der Waals surface area contributed by atoms with Gasteiger partial charge in [-0.25, -0.2) is 4.79 Å². The highest BCUT2D eigenvalue weighted by Gasteiger charge is 2.09. The standard InChI is InChI=1S/C25H20N6O/c1-30-21(15-26)11-13-23(30)17-3-7-19(8-4-17)28-25(32)29-20-9-5-18(6-10-20)24-14-12-22(16-27)31(24)2/h3-14H,1-2H3,(H2,28,29,32). The normalized spacial score (nSPS) is 10.2. The van der Waals surface area contributed by atoms with Crippen LogP contribution in [-0.2, 0) is 14.1 Å². The molecule has 0 fully saturated rings. The lowest BCUT2D eigenvalue weighted by molar-refractivity contribution is 0.262. The molecule has 0 aliphatic heterocycles. The van der Waals surface area contributed by atoms with Crippen LogP contribution in [0.15, 0.2) is 72.8 Å². The fourth-order valence-electron chi connectivity index (χ4n) is 3.57. The zero-order valence-corrected chi connectivity index (χ0v) is 17.6. The number of nitriles is 2. The number of hydrogen-bond acceptors (Lipinski definition) is 3. The van der Waals surface area contributed by atoms with E-state index in [4.69, 9.17) is 10.5 Å². The number of nitrogens with one attached hydrogen (secondary N) is 2. The van der Waals surface area contributed by atoms with Crippen LogP contribution in [0.5, 0.6) is 0 Å². The monoisotopic (exact) mass is 420 g/mol. The van der Waals surface area contributed by atoms with Gasteiger partial charge in [0.1, 0.15) is 23.5 Å². The average molecular weight is 420 g/mol. The first kappa shape index (κ1) is 20.5. The third-order valence-electron chi connectivity index (χ3n) is 5.35. The van der Waals surface area contributed by atoms with Crippen LogP contribution in [0.1, 0.15) is 11.4 Å². The molecule has 2 N–H and O–H groups in total. The van der Waals surface area contributed by atoms with Crippen LogP contribution in [0.4, 0.5) is 16.2 Å². The molecule has 2 heterocycles. The third kappa shape index (κ3) is 3.96. The molecule has 4 rings (SSSR count). The number of aromatic nitrogens is 2. The first-order chi connectivity index (χ1) is 15.5. The van der Waals surface area contributed by atoms with Crippen molar-refractivity contribution < 1.29 is 4.79 Å². The van der Waals surface area contributed by atoms with E-state index in [1.807, 2.05) is 83.9 Å². The summed E-state index contributed by atoms with van der Waals surface area (Å²) in [4.78, 5) is 12.4. The van der Waals surface area contributed by atoms with Gasteiger partial charge in [0.25, 0.3) is 0 Å². The van der Waals surface area contributed by atoms with Crippen LogP contribution in [-0.4, -0.2) is 15.2 Å². The molecule has 0 bridgehead atoms. The zero-order chi connectivity index (χ0) is 22.7. The van der Waals surface area contributed by atoms with E-state index < -0.39 is 0 Å². The van der Waals surface area contributed by atoms with Crippen LogP contribution >= 0.6 is 0 Å². The minimum absolute atomic E-state index is 0.346. The van der Waals surface area contributed by atoms with E-state index in [-0.39, 0.29) is 6.03 Å². The smallest absolute Gasteiger partial charge is 0.323 e. The summed E-state index contributed by atoms with van der Waals surface area (Å²) in [6.07, 6.45) is 0. The summed E-state index contributed by atoms with van der Waals surface area (Å²) in [6.45, 7) is 0. The van der Waals surface area contributed by atoms with Gasteiger partial charge in [0.05, 0.1) is 0 Å². The van der Waals surface area contributed by atoms with Crippen molar-refractivity contribution in [2.45, 2.75) is 0 Å². The fraction of sp³-hybridized carbons (Fsp3) is 0.0800. The summed E-state index contributed by atoms with van der Waals surface area (Å²) >= 11 is 0. The largest absolute Gasteiger partial charge is 0.335 e. The number of amides is 2. The second-order valence-electron chi connectivity index (χ2n) is 7.28. The Morgan fingerprint density at radius 1 is 0.656 bits per heavy atom. The predicted molar refractivity (Wildman–Crippen MR) is 124 cm³/mol. The van der Waals surface area contributed by atoms with E-state index >= 15 is 0 Å². The van der Waals surface area contributed by atoms with Gasteiger partial charge in [-0.15, -0.1) is 0 Å². The van der Waals surface area contributed by atoms with Gasteiger partial charge in [0, 0.05) is 36.9 Å². The van der Waals surface area contributed by atoms with Crippen molar-refractivity contribution in [1.82, 2.24) is 9.13 Å². The fourth-order valence-corrected chi connectivity index (χ4v) is 3.57. The summed E-state index contributed by atoms with van der Waals surface area (Å²) in [6, 6.07) is 26.2. The highest BCUT2D eigenvalue weighted by atomic mass is 16.2. The minimum Gasteiger partial charge on any atom is -0.335 e. The van der Waals surface area contributed by atoms with Gasteiger partial charge in [0.2, 0.25) is 0 Å². The Kier molecular flexibility index (Phi) is 5.48. The van der Waals surface area contributed by atoms with Gasteiger partial charge >= 0.3 is 6.03 Å². The molecular formula is C25H20N6O. The highest BCUT2D eigenvalue weighted by molar-refractivity contribution is 6.00. The maximum absolute atomic E-state index is 12.4. The second kappa shape index (κ2) is 8.55. The van der Waals surface area contributed by atoms with Crippen LogP contribution in [0.25, 0.3) is 22.5 Å². The first-order valence-corrected chi connectivity index (χ1v) is 9.90. The Labute approximate surface area is 185 Å². The molecule has 0 atom stereocenters. The lowest BCUT2D eigenvalue weighted by atomic mass is 10.1. The SMILES string of the molecule is Cn1c(C#N)ccc1-c1ccc(NC(=O)Nc2ccc(-c3ccc(C#N)n3C)cc2)cc1. The lowest BCUT2D eigenvalue weighted by Crippen LogP contribution is -2.19. The van der Waals surface area contributed by atoms with Crippen LogP contribution in [0.3, 0.4) is 0 Å². The summed E-state index contributed by atoms with van der Waals surface area (Å²) in [7, 11) is 3.69. The lowest BCUT2D eigenvalue weighted by Gasteiger charge is -2.10. The molecule has 0 aliphatic carbocycles. The van der Waals surface area contributed by atoms with Crippen molar-refractivity contribution in [1.29, 1.82) is 10.5 Å². The first-order valence-electron chi connectivity index (χ1n) is 9.90. The van der Waals surface area contributed by atoms with Gasteiger partial charge in [-0.05, 0) is 59.7 Å². The van der Waals surface area contributed by atoms with Gasteiger partial charge < -0.3 is 19.8 Å². The maximum atomic E-state index is 12.4. The number of hydrogen-bond donors (Lipinski definition) is 2.